The minimum atomic E-state index is -0.230. The highest BCUT2D eigenvalue weighted by molar-refractivity contribution is 5.86. The summed E-state index contributed by atoms with van der Waals surface area (Å²) in [6, 6.07) is 0. The Kier molecular flexibility index (Phi) is 8.95. The molecule has 4 saturated carbocycles. The first-order chi connectivity index (χ1) is 18.7. The van der Waals surface area contributed by atoms with Crippen LogP contribution in [0.4, 0.5) is 0 Å². The Labute approximate surface area is 236 Å². The minimum Gasteiger partial charge on any atom is -0.393 e. The fraction of sp³-hybridized carbons (Fsp3) is 0.879. The van der Waals surface area contributed by atoms with Gasteiger partial charge < -0.3 is 24.7 Å². The third-order valence-corrected chi connectivity index (χ3v) is 12.0. The maximum Gasteiger partial charge on any atom is 0.243 e. The zero-order chi connectivity index (χ0) is 27.8. The van der Waals surface area contributed by atoms with E-state index in [-0.39, 0.29) is 23.0 Å². The van der Waals surface area contributed by atoms with Crippen molar-refractivity contribution in [2.75, 3.05) is 13.2 Å². The number of amides is 1. The third-order valence-electron chi connectivity index (χ3n) is 12.0. The highest BCUT2D eigenvalue weighted by atomic mass is 16.6. The van der Waals surface area contributed by atoms with E-state index in [0.717, 1.165) is 64.4 Å². The molecule has 1 saturated heterocycles. The van der Waals surface area contributed by atoms with E-state index in [1.54, 1.807) is 6.92 Å². The SMILES string of the molecule is C=CC(=O)NCCCCCCOC1CCC2(C)C(C1)CC(O)C1C2CC2OC23C(C(C)CCC(C)=O)CCC13. The molecule has 0 radical (unpaired) electrons. The summed E-state index contributed by atoms with van der Waals surface area (Å²) < 4.78 is 13.1. The average molecular weight is 544 g/mol. The van der Waals surface area contributed by atoms with Gasteiger partial charge >= 0.3 is 0 Å². The van der Waals surface area contributed by atoms with E-state index in [1.165, 1.54) is 25.3 Å². The summed E-state index contributed by atoms with van der Waals surface area (Å²) in [7, 11) is 0. The second-order valence-corrected chi connectivity index (χ2v) is 14.1. The molecule has 5 rings (SSSR count). The summed E-state index contributed by atoms with van der Waals surface area (Å²) >= 11 is 0. The number of fused-ring (bicyclic) bond motifs is 4. The molecule has 4 aliphatic carbocycles. The normalized spacial score (nSPS) is 42.9. The molecule has 39 heavy (non-hydrogen) atoms. The van der Waals surface area contributed by atoms with Crippen LogP contribution in [0.15, 0.2) is 12.7 Å². The van der Waals surface area contributed by atoms with E-state index in [0.29, 0.717) is 66.5 Å². The first-order valence-corrected chi connectivity index (χ1v) is 16.1. The molecule has 6 heteroatoms. The van der Waals surface area contributed by atoms with Crippen molar-refractivity contribution >= 4 is 11.7 Å². The van der Waals surface area contributed by atoms with Crippen molar-refractivity contribution in [3.05, 3.63) is 12.7 Å². The number of hydrogen-bond acceptors (Lipinski definition) is 5. The molecule has 1 spiro atoms. The molecule has 0 aromatic heterocycles. The molecule has 6 nitrogen and oxygen atoms in total. The lowest BCUT2D eigenvalue weighted by Gasteiger charge is -2.59. The zero-order valence-corrected chi connectivity index (χ0v) is 24.7. The second-order valence-electron chi connectivity index (χ2n) is 14.1. The summed E-state index contributed by atoms with van der Waals surface area (Å²) in [5.41, 5.74) is 0.259. The fourth-order valence-corrected chi connectivity index (χ4v) is 9.90. The van der Waals surface area contributed by atoms with E-state index < -0.39 is 0 Å². The first kappa shape index (κ1) is 29.3. The van der Waals surface area contributed by atoms with Gasteiger partial charge in [-0.3, -0.25) is 4.79 Å². The Morgan fingerprint density at radius 1 is 1.13 bits per heavy atom. The van der Waals surface area contributed by atoms with Crippen molar-refractivity contribution in [1.82, 2.24) is 5.32 Å². The van der Waals surface area contributed by atoms with Crippen molar-refractivity contribution in [1.29, 1.82) is 0 Å². The topological polar surface area (TPSA) is 88.2 Å². The van der Waals surface area contributed by atoms with Crippen LogP contribution in [0.3, 0.4) is 0 Å². The number of ether oxygens (including phenoxy) is 2. The van der Waals surface area contributed by atoms with Crippen LogP contribution in [0.25, 0.3) is 0 Å². The number of rotatable bonds is 13. The zero-order valence-electron chi connectivity index (χ0n) is 24.7. The lowest BCUT2D eigenvalue weighted by molar-refractivity contribution is -0.156. The lowest BCUT2D eigenvalue weighted by atomic mass is 9.46. The molecule has 0 bridgehead atoms. The molecule has 11 atom stereocenters. The number of aliphatic hydroxyl groups excluding tert-OH is 1. The van der Waals surface area contributed by atoms with Gasteiger partial charge in [-0.15, -0.1) is 0 Å². The Balaban J connectivity index is 1.11. The Hall–Kier alpha value is -1.24. The lowest BCUT2D eigenvalue weighted by Crippen LogP contribution is -2.59. The van der Waals surface area contributed by atoms with Gasteiger partial charge in [-0.25, -0.2) is 0 Å². The first-order valence-electron chi connectivity index (χ1n) is 16.1. The summed E-state index contributed by atoms with van der Waals surface area (Å²) in [5, 5.41) is 14.5. The third kappa shape index (κ3) is 5.64. The molecule has 0 aromatic carbocycles. The van der Waals surface area contributed by atoms with Gasteiger partial charge in [-0.2, -0.15) is 0 Å². The van der Waals surface area contributed by atoms with Crippen LogP contribution < -0.4 is 5.32 Å². The number of epoxide rings is 1. The van der Waals surface area contributed by atoms with Crippen molar-refractivity contribution in [2.24, 2.45) is 40.9 Å². The van der Waals surface area contributed by atoms with Gasteiger partial charge in [0.15, 0.2) is 0 Å². The van der Waals surface area contributed by atoms with Gasteiger partial charge in [0.2, 0.25) is 5.91 Å². The molecule has 220 valence electrons. The monoisotopic (exact) mass is 543 g/mol. The van der Waals surface area contributed by atoms with E-state index in [1.807, 2.05) is 0 Å². The number of Topliss-reactive ketones (excluding diaryl/α,β-unsaturated/α-hetero) is 1. The van der Waals surface area contributed by atoms with Gasteiger partial charge in [0.25, 0.3) is 0 Å². The summed E-state index contributed by atoms with van der Waals surface area (Å²) in [6.45, 7) is 11.6. The van der Waals surface area contributed by atoms with Crippen LogP contribution >= 0.6 is 0 Å². The van der Waals surface area contributed by atoms with Gasteiger partial charge in [-0.1, -0.05) is 33.3 Å². The summed E-state index contributed by atoms with van der Waals surface area (Å²) in [4.78, 5) is 22.8. The Morgan fingerprint density at radius 3 is 2.69 bits per heavy atom. The van der Waals surface area contributed by atoms with Crippen LogP contribution in [-0.4, -0.2) is 53.9 Å². The van der Waals surface area contributed by atoms with Crippen molar-refractivity contribution in [2.45, 2.75) is 128 Å². The summed E-state index contributed by atoms with van der Waals surface area (Å²) in [5.74, 6) is 3.17. The minimum absolute atomic E-state index is 0.0148. The maximum atomic E-state index is 11.6. The van der Waals surface area contributed by atoms with Gasteiger partial charge in [-0.05, 0) is 118 Å². The van der Waals surface area contributed by atoms with Crippen LogP contribution in [0.2, 0.25) is 0 Å². The standard InChI is InChI=1S/C33H53NO5/c1-5-30(37)34-16-8-6-7-9-17-38-24-14-15-32(4)23(18-24)19-28(36)31-26-13-12-25(21(2)10-11-22(3)35)33(26)29(39-33)20-27(31)32/h5,21,23-29,31,36H,1,6-20H2,2-4H3,(H,34,37). The molecular weight excluding hydrogens is 490 g/mol. The van der Waals surface area contributed by atoms with Gasteiger partial charge in [0.05, 0.1) is 18.3 Å². The number of nitrogens with one attached hydrogen (secondary N) is 1. The Bertz CT molecular complexity index is 907. The maximum absolute atomic E-state index is 11.6. The van der Waals surface area contributed by atoms with Gasteiger partial charge in [0, 0.05) is 19.6 Å². The number of hydrogen-bond donors (Lipinski definition) is 2. The highest BCUT2D eigenvalue weighted by Gasteiger charge is 2.76. The molecule has 5 aliphatic rings. The number of ketones is 1. The van der Waals surface area contributed by atoms with E-state index in [9.17, 15) is 14.7 Å². The highest BCUT2D eigenvalue weighted by Crippen LogP contribution is 2.72. The quantitative estimate of drug-likeness (QED) is 0.179. The summed E-state index contributed by atoms with van der Waals surface area (Å²) in [6.07, 6.45) is 15.5. The fourth-order valence-electron chi connectivity index (χ4n) is 9.90. The smallest absolute Gasteiger partial charge is 0.243 e. The van der Waals surface area contributed by atoms with Crippen molar-refractivity contribution < 1.29 is 24.2 Å². The molecule has 1 aliphatic heterocycles. The van der Waals surface area contributed by atoms with Crippen LogP contribution in [-0.2, 0) is 19.1 Å². The number of carbonyl (C=O) groups excluding carboxylic acids is 2. The van der Waals surface area contributed by atoms with Crippen molar-refractivity contribution in [3.8, 4) is 0 Å². The van der Waals surface area contributed by atoms with Crippen molar-refractivity contribution in [3.63, 3.8) is 0 Å². The number of unbranched alkanes of at least 4 members (excludes halogenated alkanes) is 3. The average Bonchev–Trinajstić information content (AvgIpc) is 3.52. The number of aliphatic hydroxyl groups is 1. The predicted molar refractivity (Wildman–Crippen MR) is 152 cm³/mol. The molecule has 1 heterocycles. The van der Waals surface area contributed by atoms with E-state index in [2.05, 4.69) is 25.7 Å². The molecule has 2 N–H and O–H groups in total. The van der Waals surface area contributed by atoms with Crippen LogP contribution in [0, 0.1) is 40.9 Å². The van der Waals surface area contributed by atoms with E-state index >= 15 is 0 Å². The van der Waals surface area contributed by atoms with Crippen LogP contribution in [0.5, 0.6) is 0 Å². The van der Waals surface area contributed by atoms with E-state index in [4.69, 9.17) is 9.47 Å². The van der Waals surface area contributed by atoms with Gasteiger partial charge in [0.1, 0.15) is 11.4 Å². The molecule has 1 amide bonds. The second kappa shape index (κ2) is 11.9. The molecular formula is C33H53NO5. The molecule has 5 fully saturated rings. The largest absolute Gasteiger partial charge is 0.393 e. The molecule has 11 unspecified atom stereocenters. The number of carbonyl (C=O) groups is 2. The predicted octanol–water partition coefficient (Wildman–Crippen LogP) is 5.61. The Morgan fingerprint density at radius 2 is 1.92 bits per heavy atom. The van der Waals surface area contributed by atoms with Crippen LogP contribution in [0.1, 0.15) is 104 Å². The molecule has 0 aromatic rings.